The van der Waals surface area contributed by atoms with Crippen molar-refractivity contribution in [1.82, 2.24) is 29.4 Å². The summed E-state index contributed by atoms with van der Waals surface area (Å²) >= 11 is 1.47. The first-order valence-corrected chi connectivity index (χ1v) is 10.1. The topological polar surface area (TPSA) is 80.0 Å². The second kappa shape index (κ2) is 7.31. The number of aromatic nitrogens is 5. The number of hydrogen-bond donors (Lipinski definition) is 0. The van der Waals surface area contributed by atoms with Crippen LogP contribution < -0.4 is 4.90 Å². The maximum atomic E-state index is 12.8. The molecular weight excluding hydrogens is 374 g/mol. The Bertz CT molecular complexity index is 1020. The van der Waals surface area contributed by atoms with Gasteiger partial charge in [0.2, 0.25) is 0 Å². The molecule has 0 N–H and O–H groups in total. The summed E-state index contributed by atoms with van der Waals surface area (Å²) in [5.41, 5.74) is 2.87. The summed E-state index contributed by atoms with van der Waals surface area (Å²) in [6, 6.07) is 1.97. The third kappa shape index (κ3) is 3.37. The summed E-state index contributed by atoms with van der Waals surface area (Å²) in [6.45, 7) is 10.6. The van der Waals surface area contributed by atoms with Crippen molar-refractivity contribution in [2.24, 2.45) is 0 Å². The lowest BCUT2D eigenvalue weighted by atomic mass is 10.2. The van der Waals surface area contributed by atoms with Gasteiger partial charge in [0.15, 0.2) is 0 Å². The Kier molecular flexibility index (Phi) is 4.84. The van der Waals surface area contributed by atoms with E-state index in [9.17, 15) is 4.79 Å². The standard InChI is InChI=1S/C19H23N7OS/c1-12-14(3)26(11-22-12)17-9-16(20-10-21-17)24-5-7-25(8-6-24)19(27)18-13(2)23-15(4)28-18/h9-11H,5-8H2,1-4H3. The molecule has 3 aromatic heterocycles. The summed E-state index contributed by atoms with van der Waals surface area (Å²) in [5.74, 6) is 1.75. The molecule has 0 spiro atoms. The summed E-state index contributed by atoms with van der Waals surface area (Å²) in [5, 5.41) is 0.929. The van der Waals surface area contributed by atoms with Crippen LogP contribution in [-0.2, 0) is 0 Å². The lowest BCUT2D eigenvalue weighted by molar-refractivity contribution is 0.0750. The highest BCUT2D eigenvalue weighted by molar-refractivity contribution is 7.13. The fourth-order valence-corrected chi connectivity index (χ4v) is 4.27. The Hall–Kier alpha value is -2.81. The maximum absolute atomic E-state index is 12.8. The van der Waals surface area contributed by atoms with E-state index in [1.54, 1.807) is 12.7 Å². The lowest BCUT2D eigenvalue weighted by Gasteiger charge is -2.35. The van der Waals surface area contributed by atoms with Gasteiger partial charge in [-0.05, 0) is 27.7 Å². The number of hydrogen-bond acceptors (Lipinski definition) is 7. The third-order valence-electron chi connectivity index (χ3n) is 5.13. The van der Waals surface area contributed by atoms with Crippen molar-refractivity contribution >= 4 is 23.1 Å². The van der Waals surface area contributed by atoms with Gasteiger partial charge in [0.1, 0.15) is 29.2 Å². The maximum Gasteiger partial charge on any atom is 0.265 e. The molecule has 9 heteroatoms. The molecule has 3 aromatic rings. The monoisotopic (exact) mass is 397 g/mol. The number of imidazole rings is 1. The van der Waals surface area contributed by atoms with E-state index in [0.717, 1.165) is 51.7 Å². The van der Waals surface area contributed by atoms with Crippen molar-refractivity contribution in [3.05, 3.63) is 45.7 Å². The van der Waals surface area contributed by atoms with Gasteiger partial charge in [0.25, 0.3) is 5.91 Å². The van der Waals surface area contributed by atoms with Crippen LogP contribution in [-0.4, -0.2) is 61.5 Å². The molecule has 0 atom stereocenters. The highest BCUT2D eigenvalue weighted by Gasteiger charge is 2.25. The third-order valence-corrected chi connectivity index (χ3v) is 6.19. The molecule has 4 heterocycles. The molecule has 1 aliphatic rings. The first-order valence-electron chi connectivity index (χ1n) is 9.25. The van der Waals surface area contributed by atoms with E-state index in [0.29, 0.717) is 13.1 Å². The van der Waals surface area contributed by atoms with Crippen LogP contribution >= 0.6 is 11.3 Å². The van der Waals surface area contributed by atoms with E-state index in [1.165, 1.54) is 11.3 Å². The fraction of sp³-hybridized carbons (Fsp3) is 0.421. The Morgan fingerprint density at radius 3 is 2.29 bits per heavy atom. The number of carbonyl (C=O) groups excluding carboxylic acids is 1. The number of thiazole rings is 1. The van der Waals surface area contributed by atoms with Crippen LogP contribution in [0.5, 0.6) is 0 Å². The highest BCUT2D eigenvalue weighted by atomic mass is 32.1. The Balaban J connectivity index is 1.47. The van der Waals surface area contributed by atoms with Gasteiger partial charge in [-0.1, -0.05) is 0 Å². The van der Waals surface area contributed by atoms with E-state index in [1.807, 2.05) is 43.2 Å². The van der Waals surface area contributed by atoms with Gasteiger partial charge in [-0.2, -0.15) is 0 Å². The number of aryl methyl sites for hydroxylation is 3. The van der Waals surface area contributed by atoms with Crippen LogP contribution in [0.25, 0.3) is 5.82 Å². The smallest absolute Gasteiger partial charge is 0.265 e. The molecule has 0 aliphatic carbocycles. The van der Waals surface area contributed by atoms with Gasteiger partial charge in [-0.25, -0.2) is 19.9 Å². The van der Waals surface area contributed by atoms with Crippen LogP contribution in [0.4, 0.5) is 5.82 Å². The number of anilines is 1. The predicted octanol–water partition coefficient (Wildman–Crippen LogP) is 2.31. The molecule has 0 bridgehead atoms. The molecule has 0 radical (unpaired) electrons. The average molecular weight is 398 g/mol. The summed E-state index contributed by atoms with van der Waals surface area (Å²) in [6.07, 6.45) is 3.37. The zero-order chi connectivity index (χ0) is 19.8. The number of carbonyl (C=O) groups is 1. The average Bonchev–Trinajstić information content (AvgIpc) is 3.22. The zero-order valence-corrected chi connectivity index (χ0v) is 17.3. The Morgan fingerprint density at radius 2 is 1.68 bits per heavy atom. The number of piperazine rings is 1. The van der Waals surface area contributed by atoms with Crippen LogP contribution in [0.1, 0.15) is 31.8 Å². The summed E-state index contributed by atoms with van der Waals surface area (Å²) < 4.78 is 1.97. The van der Waals surface area contributed by atoms with Crippen LogP contribution in [0.3, 0.4) is 0 Å². The van der Waals surface area contributed by atoms with Gasteiger partial charge in [-0.15, -0.1) is 11.3 Å². The van der Waals surface area contributed by atoms with Crippen molar-refractivity contribution < 1.29 is 4.79 Å². The Morgan fingerprint density at radius 1 is 0.964 bits per heavy atom. The summed E-state index contributed by atoms with van der Waals surface area (Å²) in [7, 11) is 0. The van der Waals surface area contributed by atoms with Gasteiger partial charge < -0.3 is 9.80 Å². The highest BCUT2D eigenvalue weighted by Crippen LogP contribution is 2.22. The SMILES string of the molecule is Cc1nc(C)c(C(=O)N2CCN(c3cc(-n4cnc(C)c4C)ncn3)CC2)s1. The van der Waals surface area contributed by atoms with E-state index in [2.05, 4.69) is 24.8 Å². The largest absolute Gasteiger partial charge is 0.353 e. The van der Waals surface area contributed by atoms with Gasteiger partial charge in [0, 0.05) is 37.9 Å². The molecule has 1 amide bonds. The number of amides is 1. The predicted molar refractivity (Wildman–Crippen MR) is 108 cm³/mol. The van der Waals surface area contributed by atoms with Crippen molar-refractivity contribution in [2.45, 2.75) is 27.7 Å². The molecule has 8 nitrogen and oxygen atoms in total. The van der Waals surface area contributed by atoms with Crippen LogP contribution in [0, 0.1) is 27.7 Å². The second-order valence-corrected chi connectivity index (χ2v) is 8.15. The second-order valence-electron chi connectivity index (χ2n) is 6.95. The normalized spacial score (nSPS) is 14.6. The molecule has 1 aliphatic heterocycles. The molecular formula is C19H23N7OS. The minimum absolute atomic E-state index is 0.0793. The number of nitrogens with zero attached hydrogens (tertiary/aromatic N) is 7. The first-order chi connectivity index (χ1) is 13.4. The van der Waals surface area contributed by atoms with Gasteiger partial charge >= 0.3 is 0 Å². The molecule has 0 aromatic carbocycles. The molecule has 0 unspecified atom stereocenters. The number of rotatable bonds is 3. The zero-order valence-electron chi connectivity index (χ0n) is 16.5. The molecule has 1 fully saturated rings. The molecule has 28 heavy (non-hydrogen) atoms. The van der Waals surface area contributed by atoms with Crippen LogP contribution in [0.15, 0.2) is 18.7 Å². The first kappa shape index (κ1) is 18.5. The minimum atomic E-state index is 0.0793. The van der Waals surface area contributed by atoms with E-state index in [4.69, 9.17) is 0 Å². The quantitative estimate of drug-likeness (QED) is 0.675. The van der Waals surface area contributed by atoms with Crippen LogP contribution in [0.2, 0.25) is 0 Å². The van der Waals surface area contributed by atoms with Crippen molar-refractivity contribution in [2.75, 3.05) is 31.1 Å². The van der Waals surface area contributed by atoms with E-state index >= 15 is 0 Å². The lowest BCUT2D eigenvalue weighted by Crippen LogP contribution is -2.49. The molecule has 1 saturated heterocycles. The van der Waals surface area contributed by atoms with Crippen molar-refractivity contribution in [3.63, 3.8) is 0 Å². The molecule has 146 valence electrons. The summed E-state index contributed by atoms with van der Waals surface area (Å²) in [4.78, 5) is 35.2. The van der Waals surface area contributed by atoms with E-state index in [-0.39, 0.29) is 5.91 Å². The Labute approximate surface area is 167 Å². The van der Waals surface area contributed by atoms with Crippen molar-refractivity contribution in [3.8, 4) is 5.82 Å². The van der Waals surface area contributed by atoms with Gasteiger partial charge in [-0.3, -0.25) is 9.36 Å². The van der Waals surface area contributed by atoms with Gasteiger partial charge in [0.05, 0.1) is 16.4 Å². The molecule has 0 saturated carbocycles. The fourth-order valence-electron chi connectivity index (χ4n) is 3.38. The van der Waals surface area contributed by atoms with E-state index < -0.39 is 0 Å². The van der Waals surface area contributed by atoms with Crippen molar-refractivity contribution in [1.29, 1.82) is 0 Å². The minimum Gasteiger partial charge on any atom is -0.353 e. The molecule has 4 rings (SSSR count).